The number of piperazine rings is 1. The maximum atomic E-state index is 12.7. The number of pyridine rings is 1. The van der Waals surface area contributed by atoms with Gasteiger partial charge in [-0.1, -0.05) is 5.16 Å². The smallest absolute Gasteiger partial charge is 0.276 e. The molecule has 26 heavy (non-hydrogen) atoms. The van der Waals surface area contributed by atoms with Crippen LogP contribution in [0, 0.1) is 6.92 Å². The second-order valence-electron chi connectivity index (χ2n) is 6.24. The number of aromatic nitrogens is 3. The molecule has 7 nitrogen and oxygen atoms in total. The van der Waals surface area contributed by atoms with Gasteiger partial charge in [-0.05, 0) is 19.1 Å². The molecule has 0 radical (unpaired) electrons. The topological polar surface area (TPSA) is 75.4 Å². The summed E-state index contributed by atoms with van der Waals surface area (Å²) < 4.78 is 5.31. The Bertz CT molecular complexity index is 884. The van der Waals surface area contributed by atoms with Crippen LogP contribution in [0.4, 0.5) is 0 Å². The summed E-state index contributed by atoms with van der Waals surface area (Å²) in [5.41, 5.74) is 2.25. The summed E-state index contributed by atoms with van der Waals surface area (Å²) in [6.07, 6.45) is 3.38. The molecule has 0 N–H and O–H groups in total. The van der Waals surface area contributed by atoms with Gasteiger partial charge in [0.25, 0.3) is 5.91 Å². The Morgan fingerprint density at radius 1 is 1.31 bits per heavy atom. The third-order valence-electron chi connectivity index (χ3n) is 4.39. The molecule has 0 bridgehead atoms. The largest absolute Gasteiger partial charge is 0.355 e. The molecular weight excluding hydrogens is 350 g/mol. The van der Waals surface area contributed by atoms with E-state index in [1.165, 1.54) is 0 Å². The van der Waals surface area contributed by atoms with E-state index in [9.17, 15) is 4.79 Å². The van der Waals surface area contributed by atoms with Crippen molar-refractivity contribution in [2.24, 2.45) is 0 Å². The molecule has 3 aromatic rings. The highest BCUT2D eigenvalue weighted by atomic mass is 32.1. The first-order valence-electron chi connectivity index (χ1n) is 8.49. The summed E-state index contributed by atoms with van der Waals surface area (Å²) in [4.78, 5) is 25.4. The zero-order chi connectivity index (χ0) is 17.9. The average Bonchev–Trinajstić information content (AvgIpc) is 3.32. The molecule has 3 aromatic heterocycles. The van der Waals surface area contributed by atoms with Gasteiger partial charge in [0.1, 0.15) is 0 Å². The summed E-state index contributed by atoms with van der Waals surface area (Å²) in [7, 11) is 0. The number of hydrogen-bond acceptors (Lipinski definition) is 7. The van der Waals surface area contributed by atoms with Crippen LogP contribution in [0.1, 0.15) is 21.2 Å². The van der Waals surface area contributed by atoms with Crippen molar-refractivity contribution in [3.63, 3.8) is 0 Å². The van der Waals surface area contributed by atoms with Crippen LogP contribution < -0.4 is 0 Å². The van der Waals surface area contributed by atoms with Crippen LogP contribution in [0.5, 0.6) is 0 Å². The number of amides is 1. The van der Waals surface area contributed by atoms with E-state index >= 15 is 0 Å². The zero-order valence-electron chi connectivity index (χ0n) is 14.5. The Hall–Kier alpha value is -2.58. The fourth-order valence-electron chi connectivity index (χ4n) is 3.00. The first kappa shape index (κ1) is 16.9. The molecule has 0 saturated carbocycles. The highest BCUT2D eigenvalue weighted by molar-refractivity contribution is 7.09. The Morgan fingerprint density at radius 3 is 2.85 bits per heavy atom. The van der Waals surface area contributed by atoms with Gasteiger partial charge in [0, 0.05) is 62.1 Å². The molecule has 1 aliphatic heterocycles. The third-order valence-corrected chi connectivity index (χ3v) is 5.21. The van der Waals surface area contributed by atoms with Gasteiger partial charge in [-0.15, -0.1) is 11.3 Å². The number of rotatable bonds is 4. The average molecular weight is 369 g/mol. The van der Waals surface area contributed by atoms with E-state index < -0.39 is 0 Å². The van der Waals surface area contributed by atoms with Crippen LogP contribution in [-0.4, -0.2) is 57.0 Å². The normalized spacial score (nSPS) is 15.3. The number of carbonyl (C=O) groups is 1. The van der Waals surface area contributed by atoms with Gasteiger partial charge in [-0.3, -0.25) is 14.7 Å². The van der Waals surface area contributed by atoms with Crippen LogP contribution in [0.15, 0.2) is 40.5 Å². The van der Waals surface area contributed by atoms with E-state index in [-0.39, 0.29) is 5.91 Å². The van der Waals surface area contributed by atoms with Crippen molar-refractivity contribution in [1.29, 1.82) is 0 Å². The fourth-order valence-corrected chi connectivity index (χ4v) is 3.61. The van der Waals surface area contributed by atoms with E-state index in [0.29, 0.717) is 24.5 Å². The molecular formula is C18H19N5O2S. The summed E-state index contributed by atoms with van der Waals surface area (Å²) in [5, 5.41) is 7.13. The first-order chi connectivity index (χ1) is 12.7. The van der Waals surface area contributed by atoms with Gasteiger partial charge in [0.05, 0.1) is 10.7 Å². The van der Waals surface area contributed by atoms with Crippen molar-refractivity contribution in [1.82, 2.24) is 24.9 Å². The van der Waals surface area contributed by atoms with Gasteiger partial charge in [-0.2, -0.15) is 0 Å². The van der Waals surface area contributed by atoms with Crippen molar-refractivity contribution in [2.45, 2.75) is 13.5 Å². The van der Waals surface area contributed by atoms with Gasteiger partial charge in [0.2, 0.25) is 0 Å². The Kier molecular flexibility index (Phi) is 4.77. The lowest BCUT2D eigenvalue weighted by molar-refractivity contribution is 0.0617. The molecule has 8 heteroatoms. The summed E-state index contributed by atoms with van der Waals surface area (Å²) in [5.74, 6) is 0.465. The maximum absolute atomic E-state index is 12.7. The van der Waals surface area contributed by atoms with E-state index in [4.69, 9.17) is 4.52 Å². The third kappa shape index (κ3) is 3.66. The van der Waals surface area contributed by atoms with Crippen LogP contribution in [0.3, 0.4) is 0 Å². The number of aryl methyl sites for hydroxylation is 1. The second kappa shape index (κ2) is 7.35. The van der Waals surface area contributed by atoms with Crippen LogP contribution in [0.25, 0.3) is 11.3 Å². The van der Waals surface area contributed by atoms with Crippen molar-refractivity contribution in [3.05, 3.63) is 52.4 Å². The van der Waals surface area contributed by atoms with Gasteiger partial charge in [-0.25, -0.2) is 4.98 Å². The summed E-state index contributed by atoms with van der Waals surface area (Å²) in [6.45, 7) is 5.86. The van der Waals surface area contributed by atoms with Crippen molar-refractivity contribution in [2.75, 3.05) is 26.2 Å². The van der Waals surface area contributed by atoms with Crippen LogP contribution in [-0.2, 0) is 6.54 Å². The maximum Gasteiger partial charge on any atom is 0.276 e. The molecule has 0 atom stereocenters. The molecule has 1 saturated heterocycles. The Morgan fingerprint density at radius 2 is 2.15 bits per heavy atom. The molecule has 4 heterocycles. The standard InChI is InChI=1S/C18H19N5O2S/c1-13-20-15(12-26-13)11-22-5-7-23(8-6-22)18(24)16-9-17(25-21-16)14-3-2-4-19-10-14/h2-4,9-10,12H,5-8,11H2,1H3. The minimum atomic E-state index is -0.0898. The van der Waals surface area contributed by atoms with Crippen LogP contribution >= 0.6 is 11.3 Å². The lowest BCUT2D eigenvalue weighted by atomic mass is 10.2. The predicted octanol–water partition coefficient (Wildman–Crippen LogP) is 2.46. The number of thiazole rings is 1. The number of nitrogens with zero attached hydrogens (tertiary/aromatic N) is 5. The summed E-state index contributed by atoms with van der Waals surface area (Å²) >= 11 is 1.67. The van der Waals surface area contributed by atoms with E-state index in [1.54, 1.807) is 29.8 Å². The Labute approximate surface area is 155 Å². The highest BCUT2D eigenvalue weighted by Gasteiger charge is 2.25. The first-order valence-corrected chi connectivity index (χ1v) is 9.37. The minimum Gasteiger partial charge on any atom is -0.355 e. The molecule has 1 aliphatic rings. The fraction of sp³-hybridized carbons (Fsp3) is 0.333. The molecule has 4 rings (SSSR count). The second-order valence-corrected chi connectivity index (χ2v) is 7.31. The number of hydrogen-bond donors (Lipinski definition) is 0. The van der Waals surface area contributed by atoms with Crippen molar-refractivity contribution < 1.29 is 9.32 Å². The summed E-state index contributed by atoms with van der Waals surface area (Å²) in [6, 6.07) is 5.38. The number of carbonyl (C=O) groups excluding carboxylic acids is 1. The van der Waals surface area contributed by atoms with E-state index in [2.05, 4.69) is 25.4 Å². The molecule has 1 amide bonds. The quantitative estimate of drug-likeness (QED) is 0.703. The lowest BCUT2D eigenvalue weighted by Gasteiger charge is -2.33. The van der Waals surface area contributed by atoms with Gasteiger partial charge < -0.3 is 9.42 Å². The van der Waals surface area contributed by atoms with Crippen molar-refractivity contribution >= 4 is 17.2 Å². The predicted molar refractivity (Wildman–Crippen MR) is 97.8 cm³/mol. The molecule has 1 fully saturated rings. The van der Waals surface area contributed by atoms with Gasteiger partial charge in [0.15, 0.2) is 11.5 Å². The van der Waals surface area contributed by atoms with Crippen LogP contribution in [0.2, 0.25) is 0 Å². The molecule has 0 unspecified atom stereocenters. The highest BCUT2D eigenvalue weighted by Crippen LogP contribution is 2.20. The minimum absolute atomic E-state index is 0.0898. The molecule has 0 spiro atoms. The SMILES string of the molecule is Cc1nc(CN2CCN(C(=O)c3cc(-c4cccnc4)on3)CC2)cs1. The monoisotopic (exact) mass is 369 g/mol. The lowest BCUT2D eigenvalue weighted by Crippen LogP contribution is -2.48. The van der Waals surface area contributed by atoms with Gasteiger partial charge >= 0.3 is 0 Å². The van der Waals surface area contributed by atoms with E-state index in [1.807, 2.05) is 24.0 Å². The Balaban J connectivity index is 1.36. The zero-order valence-corrected chi connectivity index (χ0v) is 15.3. The molecule has 0 aliphatic carbocycles. The molecule has 0 aromatic carbocycles. The molecule has 134 valence electrons. The van der Waals surface area contributed by atoms with Crippen molar-refractivity contribution in [3.8, 4) is 11.3 Å². The van der Waals surface area contributed by atoms with E-state index in [0.717, 1.165) is 35.9 Å².